The zero-order valence-corrected chi connectivity index (χ0v) is 16.8. The molecule has 10 nitrogen and oxygen atoms in total. The van der Waals surface area contributed by atoms with Crippen molar-refractivity contribution < 1.29 is 47.9 Å². The Bertz CT molecular complexity index is 628. The Hall–Kier alpha value is -1.75. The number of hydrogen-bond donors (Lipinski definition) is 1. The van der Waals surface area contributed by atoms with Gasteiger partial charge in [-0.2, -0.15) is 0 Å². The molecule has 3 aliphatic rings. The van der Waals surface area contributed by atoms with Crippen LogP contribution in [0.25, 0.3) is 0 Å². The molecule has 2 aliphatic heterocycles. The van der Waals surface area contributed by atoms with E-state index in [2.05, 4.69) is 0 Å². The minimum atomic E-state index is -1.29. The molecule has 1 spiro atoms. The fourth-order valence-corrected chi connectivity index (χ4v) is 4.14. The number of carbonyl (C=O) groups is 3. The minimum Gasteiger partial charge on any atom is -0.463 e. The maximum atomic E-state index is 11.7. The van der Waals surface area contributed by atoms with E-state index in [4.69, 9.17) is 28.4 Å². The van der Waals surface area contributed by atoms with E-state index in [0.29, 0.717) is 12.8 Å². The molecule has 1 saturated carbocycles. The number of esters is 3. The SMILES string of the molecule is CC(=O)OC[C@@H](O)[C@@H]1O[C@@H](OC(C)=O)[C@H](OC(C)=O)C2OC3(CCCCC3)O[C@@H]21. The van der Waals surface area contributed by atoms with Crippen LogP contribution in [0.4, 0.5) is 0 Å². The van der Waals surface area contributed by atoms with Gasteiger partial charge in [0.05, 0.1) is 0 Å². The molecule has 10 heteroatoms. The molecule has 6 atom stereocenters. The third-order valence-corrected chi connectivity index (χ3v) is 5.27. The molecule has 164 valence electrons. The largest absolute Gasteiger partial charge is 0.463 e. The van der Waals surface area contributed by atoms with Gasteiger partial charge in [-0.1, -0.05) is 6.42 Å². The average molecular weight is 416 g/mol. The molecule has 3 fully saturated rings. The molecule has 0 radical (unpaired) electrons. The highest BCUT2D eigenvalue weighted by Gasteiger charge is 2.61. The molecule has 2 heterocycles. The van der Waals surface area contributed by atoms with E-state index >= 15 is 0 Å². The summed E-state index contributed by atoms with van der Waals surface area (Å²) >= 11 is 0. The molecular formula is C19H28O10. The predicted octanol–water partition coefficient (Wildman–Crippen LogP) is 0.575. The Kier molecular flexibility index (Phi) is 6.77. The van der Waals surface area contributed by atoms with Gasteiger partial charge in [0.2, 0.25) is 6.29 Å². The number of aliphatic hydroxyl groups is 1. The lowest BCUT2D eigenvalue weighted by Gasteiger charge is -2.42. The maximum absolute atomic E-state index is 11.7. The van der Waals surface area contributed by atoms with Crippen molar-refractivity contribution >= 4 is 17.9 Å². The Morgan fingerprint density at radius 1 is 0.966 bits per heavy atom. The van der Waals surface area contributed by atoms with Gasteiger partial charge in [0.25, 0.3) is 0 Å². The Morgan fingerprint density at radius 2 is 1.59 bits per heavy atom. The highest BCUT2D eigenvalue weighted by Crippen LogP contribution is 2.46. The van der Waals surface area contributed by atoms with Gasteiger partial charge in [0.1, 0.15) is 31.0 Å². The van der Waals surface area contributed by atoms with Crippen LogP contribution in [0.1, 0.15) is 52.9 Å². The zero-order chi connectivity index (χ0) is 21.2. The molecule has 0 aromatic rings. The molecule has 1 N–H and O–H groups in total. The standard InChI is InChI=1S/C19H28O10/c1-10(20)24-9-13(23)14-15-16(29-19(28-15)7-5-4-6-8-19)17(25-11(2)21)18(27-14)26-12(3)22/h13-18,23H,4-9H2,1-3H3/t13-,14+,15-,16?,17-,18-/m1/s1. The van der Waals surface area contributed by atoms with Crippen molar-refractivity contribution in [3.8, 4) is 0 Å². The number of hydrogen-bond acceptors (Lipinski definition) is 10. The van der Waals surface area contributed by atoms with E-state index in [1.807, 2.05) is 0 Å². The fraction of sp³-hybridized carbons (Fsp3) is 0.842. The van der Waals surface area contributed by atoms with Crippen LogP contribution in [0, 0.1) is 0 Å². The van der Waals surface area contributed by atoms with Crippen LogP contribution < -0.4 is 0 Å². The minimum absolute atomic E-state index is 0.329. The fourth-order valence-electron chi connectivity index (χ4n) is 4.14. The molecule has 0 aromatic heterocycles. The van der Waals surface area contributed by atoms with E-state index in [1.165, 1.54) is 20.8 Å². The topological polar surface area (TPSA) is 127 Å². The summed E-state index contributed by atoms with van der Waals surface area (Å²) in [7, 11) is 0. The van der Waals surface area contributed by atoms with Crippen LogP contribution in [0.15, 0.2) is 0 Å². The predicted molar refractivity (Wildman–Crippen MR) is 94.2 cm³/mol. The second-order valence-corrected chi connectivity index (χ2v) is 7.66. The smallest absolute Gasteiger partial charge is 0.305 e. The van der Waals surface area contributed by atoms with Gasteiger partial charge in [0, 0.05) is 33.6 Å². The summed E-state index contributed by atoms with van der Waals surface area (Å²) in [6.45, 7) is 3.32. The summed E-state index contributed by atoms with van der Waals surface area (Å²) in [6, 6.07) is 0. The van der Waals surface area contributed by atoms with Gasteiger partial charge in [-0.05, 0) is 12.8 Å². The van der Waals surface area contributed by atoms with Crippen LogP contribution in [0.5, 0.6) is 0 Å². The molecular weight excluding hydrogens is 388 g/mol. The maximum Gasteiger partial charge on any atom is 0.305 e. The highest BCUT2D eigenvalue weighted by molar-refractivity contribution is 5.67. The molecule has 1 unspecified atom stereocenters. The lowest BCUT2D eigenvalue weighted by molar-refractivity contribution is -0.288. The molecule has 1 aliphatic carbocycles. The van der Waals surface area contributed by atoms with Crippen LogP contribution >= 0.6 is 0 Å². The third-order valence-electron chi connectivity index (χ3n) is 5.27. The summed E-state index contributed by atoms with van der Waals surface area (Å²) < 4.78 is 33.7. The normalized spacial score (nSPS) is 34.1. The van der Waals surface area contributed by atoms with Crippen molar-refractivity contribution in [3.05, 3.63) is 0 Å². The Balaban J connectivity index is 1.88. The van der Waals surface area contributed by atoms with E-state index in [1.54, 1.807) is 0 Å². The van der Waals surface area contributed by atoms with Gasteiger partial charge in [-0.15, -0.1) is 0 Å². The van der Waals surface area contributed by atoms with Crippen molar-refractivity contribution in [2.45, 2.75) is 95.5 Å². The number of rotatable bonds is 5. The second-order valence-electron chi connectivity index (χ2n) is 7.66. The van der Waals surface area contributed by atoms with Gasteiger partial charge in [-0.3, -0.25) is 14.4 Å². The van der Waals surface area contributed by atoms with E-state index in [-0.39, 0.29) is 6.61 Å². The molecule has 0 aromatic carbocycles. The summed E-state index contributed by atoms with van der Waals surface area (Å²) in [6.07, 6.45) is -2.06. The molecule has 0 bridgehead atoms. The van der Waals surface area contributed by atoms with Crippen molar-refractivity contribution in [1.82, 2.24) is 0 Å². The number of fused-ring (bicyclic) bond motifs is 1. The van der Waals surface area contributed by atoms with Crippen LogP contribution in [0.2, 0.25) is 0 Å². The zero-order valence-electron chi connectivity index (χ0n) is 16.8. The van der Waals surface area contributed by atoms with Gasteiger partial charge in [-0.25, -0.2) is 0 Å². The van der Waals surface area contributed by atoms with Crippen LogP contribution in [-0.4, -0.2) is 72.2 Å². The van der Waals surface area contributed by atoms with Crippen molar-refractivity contribution in [3.63, 3.8) is 0 Å². The lowest BCUT2D eigenvalue weighted by atomic mass is 9.94. The van der Waals surface area contributed by atoms with E-state index in [0.717, 1.165) is 19.3 Å². The summed E-state index contributed by atoms with van der Waals surface area (Å²) in [5, 5.41) is 10.6. The van der Waals surface area contributed by atoms with Crippen molar-refractivity contribution in [1.29, 1.82) is 0 Å². The first-order valence-corrected chi connectivity index (χ1v) is 9.88. The Morgan fingerprint density at radius 3 is 2.17 bits per heavy atom. The van der Waals surface area contributed by atoms with Crippen molar-refractivity contribution in [2.24, 2.45) is 0 Å². The van der Waals surface area contributed by atoms with Gasteiger partial charge in [0.15, 0.2) is 11.9 Å². The molecule has 3 rings (SSSR count). The first-order valence-electron chi connectivity index (χ1n) is 9.88. The quantitative estimate of drug-likeness (QED) is 0.502. The van der Waals surface area contributed by atoms with E-state index < -0.39 is 60.5 Å². The average Bonchev–Trinajstić information content (AvgIpc) is 3.00. The van der Waals surface area contributed by atoms with Crippen molar-refractivity contribution in [2.75, 3.05) is 6.61 Å². The first-order chi connectivity index (χ1) is 13.7. The first kappa shape index (κ1) is 21.9. The summed E-state index contributed by atoms with van der Waals surface area (Å²) in [4.78, 5) is 34.4. The number of aliphatic hydroxyl groups excluding tert-OH is 1. The number of ether oxygens (including phenoxy) is 6. The molecule has 2 saturated heterocycles. The second kappa shape index (κ2) is 8.95. The van der Waals surface area contributed by atoms with Gasteiger partial charge >= 0.3 is 17.9 Å². The van der Waals surface area contributed by atoms with E-state index in [9.17, 15) is 19.5 Å². The summed E-state index contributed by atoms with van der Waals surface area (Å²) in [5.74, 6) is -2.68. The highest BCUT2D eigenvalue weighted by atomic mass is 16.8. The lowest BCUT2D eigenvalue weighted by Crippen LogP contribution is -2.62. The molecule has 0 amide bonds. The number of carbonyl (C=O) groups excluding carboxylic acids is 3. The Labute approximate surface area is 168 Å². The third kappa shape index (κ3) is 5.06. The summed E-state index contributed by atoms with van der Waals surface area (Å²) in [5.41, 5.74) is 0. The van der Waals surface area contributed by atoms with Crippen LogP contribution in [-0.2, 0) is 42.8 Å². The van der Waals surface area contributed by atoms with Crippen LogP contribution in [0.3, 0.4) is 0 Å². The molecule has 29 heavy (non-hydrogen) atoms. The monoisotopic (exact) mass is 416 g/mol. The van der Waals surface area contributed by atoms with Gasteiger partial charge < -0.3 is 33.5 Å².